The van der Waals surface area contributed by atoms with Crippen LogP contribution in [0.15, 0.2) is 81.5 Å². The zero-order valence-corrected chi connectivity index (χ0v) is 16.2. The number of hydrogen-bond acceptors (Lipinski definition) is 5. The van der Waals surface area contributed by atoms with E-state index < -0.39 is 0 Å². The Labute approximate surface area is 167 Å². The predicted octanol–water partition coefficient (Wildman–Crippen LogP) is 4.62. The normalized spacial score (nSPS) is 12.3. The van der Waals surface area contributed by atoms with Crippen LogP contribution in [0.2, 0.25) is 0 Å². The Balaban J connectivity index is 1.93. The van der Waals surface area contributed by atoms with E-state index >= 15 is 0 Å². The Hall–Kier alpha value is -3.09. The van der Waals surface area contributed by atoms with Crippen LogP contribution in [-0.2, 0) is 4.84 Å². The standard InChI is InChI=1S/C22H18N2O3S/c1-26-18-9-5-3-7-15(18)21-16-8-4-6-10-19(16)28-20-12-11-14(13-17(20)23-21)22(25)24-27-2/h3-13H,1-2H3,(H,24,25). The van der Waals surface area contributed by atoms with Gasteiger partial charge in [-0.1, -0.05) is 42.1 Å². The van der Waals surface area contributed by atoms with Crippen molar-refractivity contribution in [3.05, 3.63) is 83.4 Å². The van der Waals surface area contributed by atoms with Crippen molar-refractivity contribution < 1.29 is 14.4 Å². The lowest BCUT2D eigenvalue weighted by Gasteiger charge is -2.12. The van der Waals surface area contributed by atoms with E-state index in [1.54, 1.807) is 31.0 Å². The fraction of sp³-hybridized carbons (Fsp3) is 0.0909. The summed E-state index contributed by atoms with van der Waals surface area (Å²) in [5, 5.41) is 0. The lowest BCUT2D eigenvalue weighted by Crippen LogP contribution is -2.21. The van der Waals surface area contributed by atoms with E-state index in [2.05, 4.69) is 17.6 Å². The van der Waals surface area contributed by atoms with Crippen LogP contribution < -0.4 is 10.2 Å². The maximum atomic E-state index is 12.2. The predicted molar refractivity (Wildman–Crippen MR) is 110 cm³/mol. The van der Waals surface area contributed by atoms with Crippen molar-refractivity contribution in [2.45, 2.75) is 9.79 Å². The van der Waals surface area contributed by atoms with Gasteiger partial charge in [0.1, 0.15) is 5.75 Å². The highest BCUT2D eigenvalue weighted by molar-refractivity contribution is 7.99. The minimum atomic E-state index is -0.314. The quantitative estimate of drug-likeness (QED) is 0.517. The first-order valence-corrected chi connectivity index (χ1v) is 9.49. The fourth-order valence-electron chi connectivity index (χ4n) is 3.08. The van der Waals surface area contributed by atoms with Crippen LogP contribution in [0, 0.1) is 0 Å². The first kappa shape index (κ1) is 18.3. The summed E-state index contributed by atoms with van der Waals surface area (Å²) in [7, 11) is 3.06. The molecule has 0 saturated heterocycles. The molecule has 0 fully saturated rings. The van der Waals surface area contributed by atoms with E-state index in [1.165, 1.54) is 7.11 Å². The Bertz CT molecular complexity index is 1080. The summed E-state index contributed by atoms with van der Waals surface area (Å²) in [5.41, 5.74) is 6.29. The van der Waals surface area contributed by atoms with Gasteiger partial charge in [-0.2, -0.15) is 0 Å². The third kappa shape index (κ3) is 3.40. The zero-order chi connectivity index (χ0) is 19.5. The third-order valence-corrected chi connectivity index (χ3v) is 5.51. The summed E-state index contributed by atoms with van der Waals surface area (Å²) in [4.78, 5) is 23.9. The number of fused-ring (bicyclic) bond motifs is 2. The van der Waals surface area contributed by atoms with Gasteiger partial charge < -0.3 is 4.74 Å². The molecule has 0 saturated carbocycles. The van der Waals surface area contributed by atoms with Crippen molar-refractivity contribution in [1.82, 2.24) is 5.48 Å². The molecule has 1 heterocycles. The van der Waals surface area contributed by atoms with E-state index in [1.807, 2.05) is 42.5 Å². The largest absolute Gasteiger partial charge is 0.496 e. The van der Waals surface area contributed by atoms with Gasteiger partial charge in [0.2, 0.25) is 0 Å². The van der Waals surface area contributed by atoms with Crippen molar-refractivity contribution in [3.63, 3.8) is 0 Å². The highest BCUT2D eigenvalue weighted by atomic mass is 32.2. The molecule has 1 aliphatic heterocycles. The summed E-state index contributed by atoms with van der Waals surface area (Å²) in [6.45, 7) is 0. The van der Waals surface area contributed by atoms with Crippen LogP contribution in [0.1, 0.15) is 21.5 Å². The number of benzene rings is 3. The molecule has 1 amide bonds. The SMILES string of the molecule is CONC(=O)c1ccc2c(c1)N=C(c1ccccc1OC)c1ccccc1S2. The van der Waals surface area contributed by atoms with Crippen LogP contribution >= 0.6 is 11.8 Å². The second-order valence-corrected chi connectivity index (χ2v) is 7.16. The number of ether oxygens (including phenoxy) is 1. The number of nitrogens with zero attached hydrogens (tertiary/aromatic N) is 1. The maximum Gasteiger partial charge on any atom is 0.274 e. The molecule has 0 radical (unpaired) electrons. The van der Waals surface area contributed by atoms with E-state index in [0.717, 1.165) is 38.1 Å². The summed E-state index contributed by atoms with van der Waals surface area (Å²) in [6.07, 6.45) is 0. The number of carbonyl (C=O) groups excluding carboxylic acids is 1. The van der Waals surface area contributed by atoms with Crippen molar-refractivity contribution >= 4 is 29.1 Å². The molecular weight excluding hydrogens is 372 g/mol. The van der Waals surface area contributed by atoms with Gasteiger partial charge in [0.25, 0.3) is 5.91 Å². The molecule has 1 aliphatic rings. The summed E-state index contributed by atoms with van der Waals surface area (Å²) in [5.74, 6) is 0.434. The molecule has 5 nitrogen and oxygen atoms in total. The van der Waals surface area contributed by atoms with Crippen LogP contribution in [0.25, 0.3) is 0 Å². The Morgan fingerprint density at radius 2 is 1.68 bits per heavy atom. The number of amides is 1. The van der Waals surface area contributed by atoms with Crippen LogP contribution in [0.5, 0.6) is 5.75 Å². The third-order valence-electron chi connectivity index (χ3n) is 4.37. The van der Waals surface area contributed by atoms with Gasteiger partial charge in [0.15, 0.2) is 0 Å². The number of carbonyl (C=O) groups is 1. The Kier molecular flexibility index (Phi) is 5.14. The van der Waals surface area contributed by atoms with Crippen LogP contribution in [-0.4, -0.2) is 25.8 Å². The minimum absolute atomic E-state index is 0.314. The van der Waals surface area contributed by atoms with E-state index in [4.69, 9.17) is 14.6 Å². The maximum absolute atomic E-state index is 12.2. The lowest BCUT2D eigenvalue weighted by molar-refractivity contribution is 0.0537. The number of hydrogen-bond donors (Lipinski definition) is 1. The fourth-order valence-corrected chi connectivity index (χ4v) is 4.08. The smallest absolute Gasteiger partial charge is 0.274 e. The topological polar surface area (TPSA) is 59.9 Å². The first-order valence-electron chi connectivity index (χ1n) is 8.68. The van der Waals surface area contributed by atoms with E-state index in [-0.39, 0.29) is 5.91 Å². The van der Waals surface area contributed by atoms with Gasteiger partial charge in [0.05, 0.1) is 25.6 Å². The average molecular weight is 390 g/mol. The molecule has 0 atom stereocenters. The Morgan fingerprint density at radius 3 is 2.46 bits per heavy atom. The lowest BCUT2D eigenvalue weighted by atomic mass is 10.0. The average Bonchev–Trinajstić information content (AvgIpc) is 2.90. The molecule has 28 heavy (non-hydrogen) atoms. The molecule has 0 bridgehead atoms. The van der Waals surface area contributed by atoms with Gasteiger partial charge in [-0.05, 0) is 36.4 Å². The molecule has 6 heteroatoms. The van der Waals surface area contributed by atoms with E-state index in [9.17, 15) is 4.79 Å². The summed E-state index contributed by atoms with van der Waals surface area (Å²) in [6, 6.07) is 21.4. The van der Waals surface area contributed by atoms with Gasteiger partial charge in [0, 0.05) is 26.5 Å². The second-order valence-electron chi connectivity index (χ2n) is 6.08. The molecule has 3 aromatic rings. The van der Waals surface area contributed by atoms with Gasteiger partial charge in [-0.25, -0.2) is 10.5 Å². The second kappa shape index (κ2) is 7.88. The van der Waals surface area contributed by atoms with Gasteiger partial charge in [-0.3, -0.25) is 9.63 Å². The zero-order valence-electron chi connectivity index (χ0n) is 15.4. The van der Waals surface area contributed by atoms with Gasteiger partial charge >= 0.3 is 0 Å². The highest BCUT2D eigenvalue weighted by Crippen LogP contribution is 2.42. The number of para-hydroxylation sites is 1. The molecule has 1 N–H and O–H groups in total. The van der Waals surface area contributed by atoms with Crippen molar-refractivity contribution in [3.8, 4) is 5.75 Å². The molecule has 0 spiro atoms. The van der Waals surface area contributed by atoms with E-state index in [0.29, 0.717) is 5.56 Å². The molecule has 4 rings (SSSR count). The Morgan fingerprint density at radius 1 is 0.929 bits per heavy atom. The van der Waals surface area contributed by atoms with Gasteiger partial charge in [-0.15, -0.1) is 0 Å². The number of aliphatic imine (C=N–C) groups is 1. The summed E-state index contributed by atoms with van der Waals surface area (Å²) >= 11 is 1.63. The molecule has 0 unspecified atom stereocenters. The number of rotatable bonds is 4. The molecule has 3 aromatic carbocycles. The molecular formula is C22H18N2O3S. The minimum Gasteiger partial charge on any atom is -0.496 e. The first-order chi connectivity index (χ1) is 13.7. The molecule has 140 valence electrons. The number of methoxy groups -OCH3 is 1. The monoisotopic (exact) mass is 390 g/mol. The van der Waals surface area contributed by atoms with Crippen LogP contribution in [0.3, 0.4) is 0 Å². The molecule has 0 aromatic heterocycles. The van der Waals surface area contributed by atoms with Crippen molar-refractivity contribution in [1.29, 1.82) is 0 Å². The van der Waals surface area contributed by atoms with Crippen molar-refractivity contribution in [2.75, 3.05) is 14.2 Å². The highest BCUT2D eigenvalue weighted by Gasteiger charge is 2.21. The number of hydroxylamine groups is 1. The van der Waals surface area contributed by atoms with Crippen molar-refractivity contribution in [2.24, 2.45) is 4.99 Å². The number of nitrogens with one attached hydrogen (secondary N) is 1. The molecule has 0 aliphatic carbocycles. The summed E-state index contributed by atoms with van der Waals surface area (Å²) < 4.78 is 5.57. The van der Waals surface area contributed by atoms with Crippen LogP contribution in [0.4, 0.5) is 5.69 Å².